The summed E-state index contributed by atoms with van der Waals surface area (Å²) in [6.45, 7) is 4.09. The molecule has 0 saturated heterocycles. The Morgan fingerprint density at radius 2 is 1.69 bits per heavy atom. The Hall–Kier alpha value is -4.89. The van der Waals surface area contributed by atoms with Crippen LogP contribution in [0.2, 0.25) is 0 Å². The van der Waals surface area contributed by atoms with Crippen molar-refractivity contribution in [2.24, 2.45) is 0 Å². The maximum Gasteiger partial charge on any atom is 0.343 e. The van der Waals surface area contributed by atoms with Crippen LogP contribution in [0, 0.1) is 18.3 Å². The number of carbonyl (C=O) groups excluding carboxylic acids is 2. The van der Waals surface area contributed by atoms with E-state index in [1.807, 2.05) is 68.4 Å². The van der Waals surface area contributed by atoms with Crippen LogP contribution in [0.15, 0.2) is 90.5 Å². The van der Waals surface area contributed by atoms with Crippen molar-refractivity contribution in [3.8, 4) is 17.6 Å². The smallest absolute Gasteiger partial charge is 0.343 e. The van der Waals surface area contributed by atoms with Crippen LogP contribution in [0.3, 0.4) is 0 Å². The zero-order valence-electron chi connectivity index (χ0n) is 19.9. The van der Waals surface area contributed by atoms with Crippen LogP contribution in [0.1, 0.15) is 28.4 Å². The first-order valence-corrected chi connectivity index (χ1v) is 11.4. The van der Waals surface area contributed by atoms with Gasteiger partial charge in [-0.25, -0.2) is 4.79 Å². The van der Waals surface area contributed by atoms with Gasteiger partial charge in [0.05, 0.1) is 12.2 Å². The van der Waals surface area contributed by atoms with E-state index < -0.39 is 11.9 Å². The monoisotopic (exact) mass is 476 g/mol. The Labute approximate surface area is 209 Å². The molecule has 0 spiro atoms. The predicted molar refractivity (Wildman–Crippen MR) is 140 cm³/mol. The Morgan fingerprint density at radius 1 is 0.944 bits per heavy atom. The van der Waals surface area contributed by atoms with E-state index in [2.05, 4.69) is 5.32 Å². The van der Waals surface area contributed by atoms with Gasteiger partial charge in [0.25, 0.3) is 5.91 Å². The van der Waals surface area contributed by atoms with Crippen molar-refractivity contribution < 1.29 is 19.1 Å². The molecular formula is C30H24N2O4. The molecule has 0 aliphatic carbocycles. The van der Waals surface area contributed by atoms with Gasteiger partial charge in [-0.05, 0) is 61.2 Å². The highest BCUT2D eigenvalue weighted by Gasteiger charge is 2.15. The molecule has 4 rings (SSSR count). The number of aryl methyl sites for hydroxylation is 1. The molecule has 6 heteroatoms. The summed E-state index contributed by atoms with van der Waals surface area (Å²) in [6, 6.07) is 27.2. The molecule has 0 aliphatic heterocycles. The zero-order valence-corrected chi connectivity index (χ0v) is 19.9. The average molecular weight is 477 g/mol. The van der Waals surface area contributed by atoms with Crippen LogP contribution in [-0.4, -0.2) is 18.5 Å². The number of hydrogen-bond donors (Lipinski definition) is 1. The summed E-state index contributed by atoms with van der Waals surface area (Å²) in [7, 11) is 0. The van der Waals surface area contributed by atoms with Crippen molar-refractivity contribution in [3.05, 3.63) is 107 Å². The average Bonchev–Trinajstić information content (AvgIpc) is 2.89. The number of anilines is 1. The lowest BCUT2D eigenvalue weighted by Crippen LogP contribution is -2.13. The second kappa shape index (κ2) is 11.0. The fourth-order valence-electron chi connectivity index (χ4n) is 3.65. The third-order valence-corrected chi connectivity index (χ3v) is 5.47. The van der Waals surface area contributed by atoms with Crippen LogP contribution >= 0.6 is 0 Å². The lowest BCUT2D eigenvalue weighted by atomic mass is 10.1. The second-order valence-electron chi connectivity index (χ2n) is 8.05. The number of hydrogen-bond acceptors (Lipinski definition) is 5. The highest BCUT2D eigenvalue weighted by Crippen LogP contribution is 2.30. The first-order valence-electron chi connectivity index (χ1n) is 11.4. The number of carbonyl (C=O) groups is 2. The molecule has 0 atom stereocenters. The van der Waals surface area contributed by atoms with Gasteiger partial charge in [-0.15, -0.1) is 0 Å². The summed E-state index contributed by atoms with van der Waals surface area (Å²) in [5.41, 5.74) is 2.56. The Bertz CT molecular complexity index is 1490. The van der Waals surface area contributed by atoms with E-state index in [1.54, 1.807) is 36.4 Å². The van der Waals surface area contributed by atoms with Crippen LogP contribution in [0.5, 0.6) is 11.5 Å². The summed E-state index contributed by atoms with van der Waals surface area (Å²) in [4.78, 5) is 25.5. The van der Waals surface area contributed by atoms with Crippen molar-refractivity contribution >= 4 is 34.4 Å². The Balaban J connectivity index is 1.57. The molecule has 36 heavy (non-hydrogen) atoms. The van der Waals surface area contributed by atoms with Crippen LogP contribution in [0.4, 0.5) is 5.69 Å². The van der Waals surface area contributed by atoms with Crippen molar-refractivity contribution in [1.82, 2.24) is 0 Å². The molecule has 178 valence electrons. The molecule has 1 N–H and O–H groups in total. The highest BCUT2D eigenvalue weighted by atomic mass is 16.6. The Kier molecular flexibility index (Phi) is 7.42. The summed E-state index contributed by atoms with van der Waals surface area (Å²) in [5, 5.41) is 14.3. The number of nitrogens with zero attached hydrogens (tertiary/aromatic N) is 1. The number of esters is 1. The van der Waals surface area contributed by atoms with E-state index in [9.17, 15) is 14.9 Å². The normalized spacial score (nSPS) is 11.0. The van der Waals surface area contributed by atoms with Gasteiger partial charge in [0.2, 0.25) is 0 Å². The van der Waals surface area contributed by atoms with Crippen LogP contribution < -0.4 is 14.8 Å². The first kappa shape index (κ1) is 24.2. The third kappa shape index (κ3) is 5.60. The van der Waals surface area contributed by atoms with Crippen molar-refractivity contribution in [3.63, 3.8) is 0 Å². The van der Waals surface area contributed by atoms with Gasteiger partial charge in [-0.1, -0.05) is 60.2 Å². The van der Waals surface area contributed by atoms with E-state index in [0.717, 1.165) is 16.3 Å². The SMILES string of the molecule is CCOc1cc(/C=C(\C#N)C(=O)Nc2cccc3ccccc23)ccc1OC(=O)c1ccc(C)cc1. The first-order chi connectivity index (χ1) is 17.5. The van der Waals surface area contributed by atoms with E-state index in [1.165, 1.54) is 6.08 Å². The van der Waals surface area contributed by atoms with Crippen LogP contribution in [-0.2, 0) is 4.79 Å². The van der Waals surface area contributed by atoms with Gasteiger partial charge in [0, 0.05) is 11.1 Å². The molecule has 0 radical (unpaired) electrons. The number of benzene rings is 4. The van der Waals surface area contributed by atoms with Gasteiger partial charge >= 0.3 is 5.97 Å². The van der Waals surface area contributed by atoms with Gasteiger partial charge < -0.3 is 14.8 Å². The zero-order chi connectivity index (χ0) is 25.5. The summed E-state index contributed by atoms with van der Waals surface area (Å²) >= 11 is 0. The molecule has 4 aromatic carbocycles. The number of amides is 1. The standard InChI is InChI=1S/C30H24N2O4/c1-3-35-28-18-21(13-16-27(28)36-30(34)23-14-11-20(2)12-15-23)17-24(19-31)29(33)32-26-10-6-8-22-7-4-5-9-25(22)26/h4-18H,3H2,1-2H3,(H,32,33)/b24-17+. The minimum atomic E-state index is -0.526. The summed E-state index contributed by atoms with van der Waals surface area (Å²) in [5.74, 6) is -0.454. The molecule has 4 aromatic rings. The third-order valence-electron chi connectivity index (χ3n) is 5.47. The number of nitrogens with one attached hydrogen (secondary N) is 1. The molecule has 0 aliphatic rings. The number of nitriles is 1. The lowest BCUT2D eigenvalue weighted by Gasteiger charge is -2.12. The lowest BCUT2D eigenvalue weighted by molar-refractivity contribution is -0.112. The molecule has 0 saturated carbocycles. The van der Waals surface area contributed by atoms with E-state index >= 15 is 0 Å². The fourth-order valence-corrected chi connectivity index (χ4v) is 3.65. The number of ether oxygens (including phenoxy) is 2. The minimum absolute atomic E-state index is 0.0743. The van der Waals surface area contributed by atoms with Crippen molar-refractivity contribution in [2.45, 2.75) is 13.8 Å². The van der Waals surface area contributed by atoms with Gasteiger partial charge in [-0.3, -0.25) is 4.79 Å². The molecular weight excluding hydrogens is 452 g/mol. The van der Waals surface area contributed by atoms with Gasteiger partial charge in [0.1, 0.15) is 11.6 Å². The molecule has 0 aromatic heterocycles. The molecule has 0 heterocycles. The summed E-state index contributed by atoms with van der Waals surface area (Å²) < 4.78 is 11.2. The molecule has 0 unspecified atom stereocenters. The topological polar surface area (TPSA) is 88.4 Å². The quantitative estimate of drug-likeness (QED) is 0.146. The summed E-state index contributed by atoms with van der Waals surface area (Å²) in [6.07, 6.45) is 1.47. The van der Waals surface area contributed by atoms with Crippen molar-refractivity contribution in [2.75, 3.05) is 11.9 Å². The number of fused-ring (bicyclic) bond motifs is 1. The molecule has 0 bridgehead atoms. The second-order valence-corrected chi connectivity index (χ2v) is 8.05. The highest BCUT2D eigenvalue weighted by molar-refractivity contribution is 6.13. The molecule has 0 fully saturated rings. The predicted octanol–water partition coefficient (Wildman–Crippen LogP) is 6.31. The number of rotatable bonds is 7. The van der Waals surface area contributed by atoms with E-state index in [-0.39, 0.29) is 11.3 Å². The Morgan fingerprint density at radius 3 is 2.44 bits per heavy atom. The fraction of sp³-hybridized carbons (Fsp3) is 0.100. The largest absolute Gasteiger partial charge is 0.490 e. The van der Waals surface area contributed by atoms with Crippen LogP contribution in [0.25, 0.3) is 16.8 Å². The van der Waals surface area contributed by atoms with E-state index in [0.29, 0.717) is 29.2 Å². The minimum Gasteiger partial charge on any atom is -0.490 e. The molecule has 6 nitrogen and oxygen atoms in total. The van der Waals surface area contributed by atoms with E-state index in [4.69, 9.17) is 9.47 Å². The van der Waals surface area contributed by atoms with Gasteiger partial charge in [0.15, 0.2) is 11.5 Å². The van der Waals surface area contributed by atoms with Gasteiger partial charge in [-0.2, -0.15) is 5.26 Å². The maximum absolute atomic E-state index is 12.9. The molecule has 1 amide bonds. The maximum atomic E-state index is 12.9. The van der Waals surface area contributed by atoms with Crippen molar-refractivity contribution in [1.29, 1.82) is 5.26 Å².